The van der Waals surface area contributed by atoms with Crippen molar-refractivity contribution in [1.29, 1.82) is 0 Å². The summed E-state index contributed by atoms with van der Waals surface area (Å²) in [5.74, 6) is -0.0843. The number of rotatable bonds is 4. The molecule has 0 unspecified atom stereocenters. The van der Waals surface area contributed by atoms with Crippen LogP contribution in [0.2, 0.25) is 5.02 Å². The summed E-state index contributed by atoms with van der Waals surface area (Å²) in [4.78, 5) is 12.1. The minimum absolute atomic E-state index is 0.0234. The zero-order chi connectivity index (χ0) is 14.3. The number of carbonyl (C=O) groups excluding carboxylic acids is 1. The zero-order valence-corrected chi connectivity index (χ0v) is 13.1. The van der Waals surface area contributed by atoms with Crippen molar-refractivity contribution < 1.29 is 4.79 Å². The highest BCUT2D eigenvalue weighted by Crippen LogP contribution is 2.63. The van der Waals surface area contributed by atoms with E-state index in [-0.39, 0.29) is 11.9 Å². The number of hydrogen-bond acceptors (Lipinski definition) is 1. The number of alkyl halides is 2. The summed E-state index contributed by atoms with van der Waals surface area (Å²) in [6.45, 7) is 3.75. The van der Waals surface area contributed by atoms with Crippen LogP contribution in [0.15, 0.2) is 24.3 Å². The lowest BCUT2D eigenvalue weighted by atomic mass is 10.0. The summed E-state index contributed by atoms with van der Waals surface area (Å²) in [6.07, 6.45) is 1.25. The number of nitrogens with one attached hydrogen (secondary N) is 1. The molecule has 1 aliphatic carbocycles. The van der Waals surface area contributed by atoms with E-state index in [0.29, 0.717) is 11.4 Å². The van der Waals surface area contributed by atoms with Crippen LogP contribution in [0, 0.1) is 5.41 Å². The van der Waals surface area contributed by atoms with Crippen molar-refractivity contribution >= 4 is 40.7 Å². The molecule has 1 N–H and O–H groups in total. The minimum atomic E-state index is -0.920. The van der Waals surface area contributed by atoms with Crippen molar-refractivity contribution in [2.75, 3.05) is 0 Å². The highest BCUT2D eigenvalue weighted by atomic mass is 35.5. The van der Waals surface area contributed by atoms with Gasteiger partial charge in [0.05, 0.1) is 5.41 Å². The summed E-state index contributed by atoms with van der Waals surface area (Å²) < 4.78 is -0.920. The molecular weight excluding hydrogens is 305 g/mol. The largest absolute Gasteiger partial charge is 0.353 e. The molecule has 1 saturated carbocycles. The maximum atomic E-state index is 12.1. The molecule has 5 heteroatoms. The highest BCUT2D eigenvalue weighted by molar-refractivity contribution is 6.53. The van der Waals surface area contributed by atoms with E-state index in [0.717, 1.165) is 12.0 Å². The molecule has 0 bridgehead atoms. The number of benzene rings is 1. The Morgan fingerprint density at radius 1 is 1.37 bits per heavy atom. The number of amides is 1. The predicted molar refractivity (Wildman–Crippen MR) is 79.9 cm³/mol. The van der Waals surface area contributed by atoms with E-state index in [1.54, 1.807) is 6.92 Å². The molecule has 2 atom stereocenters. The van der Waals surface area contributed by atoms with Crippen molar-refractivity contribution in [3.63, 3.8) is 0 Å². The lowest BCUT2D eigenvalue weighted by Crippen LogP contribution is -2.40. The molecule has 0 aliphatic heterocycles. The lowest BCUT2D eigenvalue weighted by molar-refractivity contribution is -0.126. The molecule has 104 valence electrons. The summed E-state index contributed by atoms with van der Waals surface area (Å²) in [5, 5.41) is 3.67. The van der Waals surface area contributed by atoms with Gasteiger partial charge in [0, 0.05) is 11.1 Å². The van der Waals surface area contributed by atoms with Gasteiger partial charge in [-0.3, -0.25) is 4.79 Å². The van der Waals surface area contributed by atoms with Gasteiger partial charge in [-0.25, -0.2) is 0 Å². The van der Waals surface area contributed by atoms with Crippen molar-refractivity contribution in [2.24, 2.45) is 5.41 Å². The summed E-state index contributed by atoms with van der Waals surface area (Å²) in [7, 11) is 0. The van der Waals surface area contributed by atoms with Gasteiger partial charge in [-0.15, -0.1) is 23.2 Å². The first-order valence-electron chi connectivity index (χ1n) is 6.18. The fourth-order valence-corrected chi connectivity index (χ4v) is 2.89. The van der Waals surface area contributed by atoms with Crippen molar-refractivity contribution in [2.45, 2.75) is 37.1 Å². The fraction of sp³-hybridized carbons (Fsp3) is 0.500. The smallest absolute Gasteiger partial charge is 0.229 e. The summed E-state index contributed by atoms with van der Waals surface area (Å²) in [5.41, 5.74) is 0.464. The van der Waals surface area contributed by atoms with E-state index in [1.807, 2.05) is 31.2 Å². The van der Waals surface area contributed by atoms with Gasteiger partial charge >= 0.3 is 0 Å². The predicted octanol–water partition coefficient (Wildman–Crippen LogP) is 3.97. The molecule has 1 aliphatic rings. The summed E-state index contributed by atoms with van der Waals surface area (Å²) >= 11 is 17.8. The van der Waals surface area contributed by atoms with E-state index >= 15 is 0 Å². The van der Waals surface area contributed by atoms with Gasteiger partial charge in [0.2, 0.25) is 5.91 Å². The van der Waals surface area contributed by atoms with Gasteiger partial charge in [-0.2, -0.15) is 0 Å². The van der Waals surface area contributed by atoms with Crippen LogP contribution in [0.1, 0.15) is 25.8 Å². The maximum absolute atomic E-state index is 12.1. The molecule has 1 aromatic rings. The quantitative estimate of drug-likeness (QED) is 0.836. The molecule has 2 rings (SSSR count). The highest BCUT2D eigenvalue weighted by Gasteiger charge is 2.67. The zero-order valence-electron chi connectivity index (χ0n) is 10.8. The maximum Gasteiger partial charge on any atom is 0.229 e. The lowest BCUT2D eigenvalue weighted by Gasteiger charge is -2.18. The second kappa shape index (κ2) is 5.16. The summed E-state index contributed by atoms with van der Waals surface area (Å²) in [6, 6.07) is 7.62. The molecule has 19 heavy (non-hydrogen) atoms. The van der Waals surface area contributed by atoms with Crippen LogP contribution in [0.3, 0.4) is 0 Å². The van der Waals surface area contributed by atoms with Crippen molar-refractivity contribution in [1.82, 2.24) is 5.32 Å². The molecule has 1 amide bonds. The van der Waals surface area contributed by atoms with Gasteiger partial charge in [0.25, 0.3) is 0 Å². The third-order valence-corrected chi connectivity index (χ3v) is 4.95. The topological polar surface area (TPSA) is 29.1 Å². The molecule has 0 heterocycles. The SMILES string of the molecule is C[C@H](Cc1ccc(Cl)cc1)NC(=O)[C@@]1(C)CC1(Cl)Cl. The first-order chi connectivity index (χ1) is 8.74. The fourth-order valence-electron chi connectivity index (χ4n) is 2.05. The van der Waals surface area contributed by atoms with Gasteiger partial charge < -0.3 is 5.32 Å². The molecule has 1 fully saturated rings. The number of halogens is 3. The van der Waals surface area contributed by atoms with Gasteiger partial charge in [0.1, 0.15) is 4.33 Å². The van der Waals surface area contributed by atoms with E-state index in [2.05, 4.69) is 5.32 Å². The standard InChI is InChI=1S/C14H16Cl3NO/c1-9(7-10-3-5-11(15)6-4-10)18-12(19)13(2)8-14(13,16)17/h3-6,9H,7-8H2,1-2H3,(H,18,19)/t9-,13-/m1/s1. The van der Waals surface area contributed by atoms with Crippen LogP contribution in [0.4, 0.5) is 0 Å². The van der Waals surface area contributed by atoms with Crippen molar-refractivity contribution in [3.05, 3.63) is 34.9 Å². The monoisotopic (exact) mass is 319 g/mol. The third-order valence-electron chi connectivity index (χ3n) is 3.59. The van der Waals surface area contributed by atoms with Crippen LogP contribution in [-0.4, -0.2) is 16.3 Å². The Morgan fingerprint density at radius 2 is 1.89 bits per heavy atom. The average Bonchev–Trinajstić information content (AvgIpc) is 2.83. The van der Waals surface area contributed by atoms with Crippen molar-refractivity contribution in [3.8, 4) is 0 Å². The number of carbonyl (C=O) groups is 1. The molecule has 0 aromatic heterocycles. The Balaban J connectivity index is 1.90. The Morgan fingerprint density at radius 3 is 2.37 bits per heavy atom. The molecule has 2 nitrogen and oxygen atoms in total. The molecule has 0 radical (unpaired) electrons. The van der Waals surface area contributed by atoms with Crippen LogP contribution in [0.5, 0.6) is 0 Å². The van der Waals surface area contributed by atoms with Crippen LogP contribution < -0.4 is 5.32 Å². The normalized spacial score (nSPS) is 25.7. The van der Waals surface area contributed by atoms with Crippen LogP contribution in [-0.2, 0) is 11.2 Å². The molecule has 0 saturated heterocycles. The van der Waals surface area contributed by atoms with Gasteiger partial charge in [0.15, 0.2) is 0 Å². The third kappa shape index (κ3) is 3.18. The van der Waals surface area contributed by atoms with Gasteiger partial charge in [-0.05, 0) is 44.4 Å². The van der Waals surface area contributed by atoms with Crippen LogP contribution >= 0.6 is 34.8 Å². The first kappa shape index (κ1) is 15.0. The molecular formula is C14H16Cl3NO. The Labute approximate surface area is 128 Å². The van der Waals surface area contributed by atoms with Crippen LogP contribution in [0.25, 0.3) is 0 Å². The van der Waals surface area contributed by atoms with E-state index < -0.39 is 9.75 Å². The molecule has 0 spiro atoms. The van der Waals surface area contributed by atoms with E-state index in [1.165, 1.54) is 0 Å². The minimum Gasteiger partial charge on any atom is -0.353 e. The Hall–Kier alpha value is -0.440. The average molecular weight is 321 g/mol. The number of hydrogen-bond donors (Lipinski definition) is 1. The second-order valence-corrected chi connectivity index (χ2v) is 7.34. The Kier molecular flexibility index (Phi) is 4.06. The molecule has 1 aromatic carbocycles. The second-order valence-electron chi connectivity index (χ2n) is 5.42. The first-order valence-corrected chi connectivity index (χ1v) is 7.31. The Bertz CT molecular complexity index is 486. The van der Waals surface area contributed by atoms with E-state index in [4.69, 9.17) is 34.8 Å². The van der Waals surface area contributed by atoms with Gasteiger partial charge in [-0.1, -0.05) is 23.7 Å². The van der Waals surface area contributed by atoms with E-state index in [9.17, 15) is 4.79 Å².